The van der Waals surface area contributed by atoms with Crippen molar-refractivity contribution in [1.29, 1.82) is 0 Å². The summed E-state index contributed by atoms with van der Waals surface area (Å²) in [5.74, 6) is 0.649. The first-order valence-electron chi connectivity index (χ1n) is 7.31. The molecule has 116 valence electrons. The molecule has 1 heterocycles. The van der Waals surface area contributed by atoms with Gasteiger partial charge in [-0.25, -0.2) is 8.42 Å². The normalized spacial score (nSPS) is 19.2. The van der Waals surface area contributed by atoms with Gasteiger partial charge in [0.2, 0.25) is 10.0 Å². The molecule has 22 heavy (non-hydrogen) atoms. The maximum Gasteiger partial charge on any atom is 0.246 e. The number of ether oxygens (including phenoxy) is 1. The summed E-state index contributed by atoms with van der Waals surface area (Å²) in [5, 5.41) is 0. The highest BCUT2D eigenvalue weighted by atomic mass is 32.2. The van der Waals surface area contributed by atoms with Crippen LogP contribution in [0.3, 0.4) is 0 Å². The molecule has 0 amide bonds. The van der Waals surface area contributed by atoms with Gasteiger partial charge in [0.05, 0.1) is 7.11 Å². The molecule has 5 heteroatoms. The highest BCUT2D eigenvalue weighted by molar-refractivity contribution is 7.89. The van der Waals surface area contributed by atoms with Gasteiger partial charge in [0, 0.05) is 13.1 Å². The number of benzene rings is 2. The van der Waals surface area contributed by atoms with Crippen LogP contribution in [0.15, 0.2) is 59.5 Å². The maximum absolute atomic E-state index is 12.8. The van der Waals surface area contributed by atoms with Gasteiger partial charge in [0.25, 0.3) is 0 Å². The summed E-state index contributed by atoms with van der Waals surface area (Å²) in [7, 11) is -2.02. The van der Waals surface area contributed by atoms with Crippen LogP contribution in [0.4, 0.5) is 0 Å². The number of hydrogen-bond acceptors (Lipinski definition) is 3. The molecule has 1 unspecified atom stereocenters. The summed E-state index contributed by atoms with van der Waals surface area (Å²) in [6.07, 6.45) is 0.846. The van der Waals surface area contributed by atoms with Crippen molar-refractivity contribution in [3.8, 4) is 5.75 Å². The molecule has 0 saturated carbocycles. The molecule has 0 N–H and O–H groups in total. The zero-order chi connectivity index (χ0) is 15.6. The van der Waals surface area contributed by atoms with E-state index in [-0.39, 0.29) is 10.8 Å². The van der Waals surface area contributed by atoms with Gasteiger partial charge < -0.3 is 4.74 Å². The van der Waals surface area contributed by atoms with Crippen molar-refractivity contribution in [2.75, 3.05) is 20.2 Å². The quantitative estimate of drug-likeness (QED) is 0.871. The van der Waals surface area contributed by atoms with E-state index in [1.807, 2.05) is 18.2 Å². The highest BCUT2D eigenvalue weighted by Crippen LogP contribution is 2.33. The van der Waals surface area contributed by atoms with E-state index in [2.05, 4.69) is 12.1 Å². The molecule has 1 aliphatic rings. The molecule has 0 radical (unpaired) electrons. The maximum atomic E-state index is 12.8. The summed E-state index contributed by atoms with van der Waals surface area (Å²) in [4.78, 5) is 0.242. The van der Waals surface area contributed by atoms with Crippen LogP contribution < -0.4 is 4.74 Å². The summed E-state index contributed by atoms with van der Waals surface area (Å²) in [6.45, 7) is 1.06. The molecule has 0 bridgehead atoms. The predicted octanol–water partition coefficient (Wildman–Crippen LogP) is 2.87. The SMILES string of the molecule is COc1ccccc1S(=O)(=O)N1CCC(c2ccccc2)C1. The molecular weight excluding hydrogens is 298 g/mol. The van der Waals surface area contributed by atoms with Gasteiger partial charge in [-0.05, 0) is 30.0 Å². The Balaban J connectivity index is 1.86. The van der Waals surface area contributed by atoms with Gasteiger partial charge in [-0.15, -0.1) is 0 Å². The van der Waals surface area contributed by atoms with Gasteiger partial charge in [0.1, 0.15) is 10.6 Å². The lowest BCUT2D eigenvalue weighted by molar-refractivity contribution is 0.398. The number of sulfonamides is 1. The lowest BCUT2D eigenvalue weighted by Crippen LogP contribution is -2.29. The predicted molar refractivity (Wildman–Crippen MR) is 85.6 cm³/mol. The number of nitrogens with zero attached hydrogens (tertiary/aromatic N) is 1. The highest BCUT2D eigenvalue weighted by Gasteiger charge is 2.34. The molecule has 1 aliphatic heterocycles. The Bertz CT molecular complexity index is 744. The lowest BCUT2D eigenvalue weighted by Gasteiger charge is -2.18. The van der Waals surface area contributed by atoms with Crippen molar-refractivity contribution in [2.45, 2.75) is 17.2 Å². The Morgan fingerprint density at radius 3 is 2.45 bits per heavy atom. The van der Waals surface area contributed by atoms with Crippen molar-refractivity contribution >= 4 is 10.0 Å². The summed E-state index contributed by atoms with van der Waals surface area (Å²) in [6, 6.07) is 16.9. The average Bonchev–Trinajstić information content (AvgIpc) is 3.06. The summed E-state index contributed by atoms with van der Waals surface area (Å²) < 4.78 is 32.4. The molecule has 0 aromatic heterocycles. The fourth-order valence-electron chi connectivity index (χ4n) is 2.91. The standard InChI is InChI=1S/C17H19NO3S/c1-21-16-9-5-6-10-17(16)22(19,20)18-12-11-15(13-18)14-7-3-2-4-8-14/h2-10,15H,11-13H2,1H3. The van der Waals surface area contributed by atoms with Crippen LogP contribution in [0.5, 0.6) is 5.75 Å². The smallest absolute Gasteiger partial charge is 0.246 e. The third-order valence-electron chi connectivity index (χ3n) is 4.11. The first kappa shape index (κ1) is 15.1. The van der Waals surface area contributed by atoms with E-state index >= 15 is 0 Å². The van der Waals surface area contributed by atoms with Crippen LogP contribution in [0.25, 0.3) is 0 Å². The first-order valence-corrected chi connectivity index (χ1v) is 8.75. The monoisotopic (exact) mass is 317 g/mol. The summed E-state index contributed by atoms with van der Waals surface area (Å²) >= 11 is 0. The van der Waals surface area contributed by atoms with Crippen LogP contribution >= 0.6 is 0 Å². The van der Waals surface area contributed by atoms with Gasteiger partial charge >= 0.3 is 0 Å². The number of hydrogen-bond donors (Lipinski definition) is 0. The Kier molecular flexibility index (Phi) is 4.18. The fourth-order valence-corrected chi connectivity index (χ4v) is 4.57. The van der Waals surface area contributed by atoms with E-state index in [1.165, 1.54) is 12.7 Å². The minimum Gasteiger partial charge on any atom is -0.495 e. The lowest BCUT2D eigenvalue weighted by atomic mass is 9.99. The molecule has 4 nitrogen and oxygen atoms in total. The number of methoxy groups -OCH3 is 1. The number of rotatable bonds is 4. The van der Waals surface area contributed by atoms with Gasteiger partial charge in [-0.2, -0.15) is 4.31 Å². The Morgan fingerprint density at radius 1 is 1.05 bits per heavy atom. The van der Waals surface area contributed by atoms with Gasteiger partial charge in [-0.1, -0.05) is 42.5 Å². The van der Waals surface area contributed by atoms with E-state index in [1.54, 1.807) is 28.6 Å². The van der Waals surface area contributed by atoms with E-state index in [4.69, 9.17) is 4.74 Å². The average molecular weight is 317 g/mol. The van der Waals surface area contributed by atoms with Crippen LogP contribution in [-0.2, 0) is 10.0 Å². The molecule has 2 aromatic rings. The molecular formula is C17H19NO3S. The minimum atomic E-state index is -3.51. The van der Waals surface area contributed by atoms with Gasteiger partial charge in [-0.3, -0.25) is 0 Å². The summed E-state index contributed by atoms with van der Waals surface area (Å²) in [5.41, 5.74) is 1.19. The van der Waals surface area contributed by atoms with Crippen LogP contribution in [0.1, 0.15) is 17.9 Å². The Morgan fingerprint density at radius 2 is 1.73 bits per heavy atom. The second-order valence-corrected chi connectivity index (χ2v) is 7.32. The molecule has 1 fully saturated rings. The first-order chi connectivity index (χ1) is 10.6. The third kappa shape index (κ3) is 2.74. The Labute approximate surface area is 131 Å². The van der Waals surface area contributed by atoms with E-state index < -0.39 is 10.0 Å². The largest absolute Gasteiger partial charge is 0.495 e. The molecule has 1 saturated heterocycles. The van der Waals surface area contributed by atoms with E-state index in [0.717, 1.165) is 6.42 Å². The zero-order valence-corrected chi connectivity index (χ0v) is 13.3. The van der Waals surface area contributed by atoms with E-state index in [0.29, 0.717) is 18.8 Å². The third-order valence-corrected chi connectivity index (χ3v) is 6.01. The topological polar surface area (TPSA) is 46.6 Å². The second kappa shape index (κ2) is 6.10. The molecule has 1 atom stereocenters. The van der Waals surface area contributed by atoms with E-state index in [9.17, 15) is 8.42 Å². The molecule has 0 aliphatic carbocycles. The van der Waals surface area contributed by atoms with Crippen molar-refractivity contribution in [3.63, 3.8) is 0 Å². The minimum absolute atomic E-state index is 0.242. The molecule has 2 aromatic carbocycles. The number of para-hydroxylation sites is 1. The zero-order valence-electron chi connectivity index (χ0n) is 12.5. The van der Waals surface area contributed by atoms with Crippen LogP contribution in [-0.4, -0.2) is 32.9 Å². The molecule has 0 spiro atoms. The van der Waals surface area contributed by atoms with Crippen molar-refractivity contribution in [3.05, 3.63) is 60.2 Å². The van der Waals surface area contributed by atoms with Crippen LogP contribution in [0.2, 0.25) is 0 Å². The van der Waals surface area contributed by atoms with Crippen molar-refractivity contribution in [2.24, 2.45) is 0 Å². The van der Waals surface area contributed by atoms with Crippen molar-refractivity contribution < 1.29 is 13.2 Å². The molecule has 3 rings (SSSR count). The fraction of sp³-hybridized carbons (Fsp3) is 0.294. The van der Waals surface area contributed by atoms with Crippen molar-refractivity contribution in [1.82, 2.24) is 4.31 Å². The van der Waals surface area contributed by atoms with Crippen LogP contribution in [0, 0.1) is 0 Å². The Hall–Kier alpha value is -1.85. The second-order valence-electron chi connectivity index (χ2n) is 5.41. The van der Waals surface area contributed by atoms with Gasteiger partial charge in [0.15, 0.2) is 0 Å².